The number of hydrogen-bond acceptors (Lipinski definition) is 3. The van der Waals surface area contributed by atoms with Gasteiger partial charge in [-0.05, 0) is 48.3 Å². The summed E-state index contributed by atoms with van der Waals surface area (Å²) in [5, 5.41) is 0. The van der Waals surface area contributed by atoms with Crippen LogP contribution in [0.15, 0.2) is 15.9 Å². The van der Waals surface area contributed by atoms with Crippen LogP contribution in [0, 0.1) is 0 Å². The van der Waals surface area contributed by atoms with Crippen molar-refractivity contribution in [1.82, 2.24) is 4.90 Å². The molecule has 0 saturated heterocycles. The molecule has 0 aliphatic heterocycles. The quantitative estimate of drug-likeness (QED) is 0.907. The summed E-state index contributed by atoms with van der Waals surface area (Å²) in [6, 6.07) is 4.03. The summed E-state index contributed by atoms with van der Waals surface area (Å²) in [5.74, 6) is 0.146. The zero-order valence-corrected chi connectivity index (χ0v) is 12.9. The van der Waals surface area contributed by atoms with E-state index in [1.165, 1.54) is 4.88 Å². The van der Waals surface area contributed by atoms with Crippen LogP contribution in [-0.4, -0.2) is 23.4 Å². The second-order valence-electron chi connectivity index (χ2n) is 4.94. The first-order valence-electron chi connectivity index (χ1n) is 5.55. The molecule has 17 heavy (non-hydrogen) atoms. The SMILES string of the molecule is CN(Cc1ccc(Br)s1)C(=O)CCC(C)(C)N. The highest BCUT2D eigenvalue weighted by atomic mass is 79.9. The number of amides is 1. The molecule has 0 spiro atoms. The van der Waals surface area contributed by atoms with Crippen molar-refractivity contribution in [3.05, 3.63) is 20.8 Å². The van der Waals surface area contributed by atoms with Crippen LogP contribution in [0.3, 0.4) is 0 Å². The Kier molecular flexibility index (Phi) is 5.16. The summed E-state index contributed by atoms with van der Waals surface area (Å²) >= 11 is 5.07. The van der Waals surface area contributed by atoms with Crippen molar-refractivity contribution in [2.24, 2.45) is 5.73 Å². The number of hydrogen-bond donors (Lipinski definition) is 1. The predicted octanol–water partition coefficient (Wildman–Crippen LogP) is 2.99. The van der Waals surface area contributed by atoms with Gasteiger partial charge in [0.2, 0.25) is 5.91 Å². The summed E-state index contributed by atoms with van der Waals surface area (Å²) in [4.78, 5) is 14.8. The van der Waals surface area contributed by atoms with Gasteiger partial charge in [0.05, 0.1) is 10.3 Å². The summed E-state index contributed by atoms with van der Waals surface area (Å²) < 4.78 is 1.09. The first-order valence-corrected chi connectivity index (χ1v) is 7.16. The van der Waals surface area contributed by atoms with E-state index in [9.17, 15) is 4.79 Å². The number of carbonyl (C=O) groups is 1. The molecule has 1 rings (SSSR count). The molecular formula is C12H19BrN2OS. The smallest absolute Gasteiger partial charge is 0.222 e. The zero-order chi connectivity index (χ0) is 13.1. The molecule has 1 aromatic rings. The third-order valence-corrected chi connectivity index (χ3v) is 4.04. The molecule has 0 unspecified atom stereocenters. The molecule has 96 valence electrons. The van der Waals surface area contributed by atoms with Gasteiger partial charge in [-0.25, -0.2) is 0 Å². The fourth-order valence-electron chi connectivity index (χ4n) is 1.38. The van der Waals surface area contributed by atoms with Gasteiger partial charge in [0.15, 0.2) is 0 Å². The van der Waals surface area contributed by atoms with Gasteiger partial charge >= 0.3 is 0 Å². The van der Waals surface area contributed by atoms with Crippen molar-refractivity contribution in [3.8, 4) is 0 Å². The average Bonchev–Trinajstić information content (AvgIpc) is 2.59. The van der Waals surface area contributed by atoms with Gasteiger partial charge in [0.1, 0.15) is 0 Å². The van der Waals surface area contributed by atoms with E-state index in [4.69, 9.17) is 5.73 Å². The van der Waals surface area contributed by atoms with Gasteiger partial charge in [-0.15, -0.1) is 11.3 Å². The van der Waals surface area contributed by atoms with Crippen molar-refractivity contribution < 1.29 is 4.79 Å². The molecule has 0 aliphatic carbocycles. The van der Waals surface area contributed by atoms with Crippen LogP contribution < -0.4 is 5.73 Å². The van der Waals surface area contributed by atoms with Crippen molar-refractivity contribution in [1.29, 1.82) is 0 Å². The highest BCUT2D eigenvalue weighted by Crippen LogP contribution is 2.23. The largest absolute Gasteiger partial charge is 0.341 e. The van der Waals surface area contributed by atoms with Gasteiger partial charge in [0, 0.05) is 23.9 Å². The maximum atomic E-state index is 11.9. The molecule has 5 heteroatoms. The maximum Gasteiger partial charge on any atom is 0.222 e. The minimum atomic E-state index is -0.275. The lowest BCUT2D eigenvalue weighted by Gasteiger charge is -2.21. The van der Waals surface area contributed by atoms with Crippen molar-refractivity contribution >= 4 is 33.2 Å². The maximum absolute atomic E-state index is 11.9. The lowest BCUT2D eigenvalue weighted by molar-refractivity contribution is -0.130. The summed E-state index contributed by atoms with van der Waals surface area (Å²) in [6.45, 7) is 4.55. The van der Waals surface area contributed by atoms with Gasteiger partial charge < -0.3 is 10.6 Å². The van der Waals surface area contributed by atoms with Crippen LogP contribution in [0.5, 0.6) is 0 Å². The van der Waals surface area contributed by atoms with Gasteiger partial charge in [-0.1, -0.05) is 0 Å². The molecule has 3 nitrogen and oxygen atoms in total. The van der Waals surface area contributed by atoms with Crippen LogP contribution in [0.2, 0.25) is 0 Å². The second kappa shape index (κ2) is 5.98. The number of thiophene rings is 1. The molecule has 0 aliphatic rings. The highest BCUT2D eigenvalue weighted by molar-refractivity contribution is 9.11. The third kappa shape index (κ3) is 5.66. The lowest BCUT2D eigenvalue weighted by atomic mass is 10.00. The Balaban J connectivity index is 2.42. The number of carbonyl (C=O) groups excluding carboxylic acids is 1. The van der Waals surface area contributed by atoms with Crippen LogP contribution in [0.4, 0.5) is 0 Å². The summed E-state index contributed by atoms with van der Waals surface area (Å²) in [6.07, 6.45) is 1.22. The minimum Gasteiger partial charge on any atom is -0.341 e. The van der Waals surface area contributed by atoms with E-state index in [1.807, 2.05) is 33.0 Å². The van der Waals surface area contributed by atoms with Crippen molar-refractivity contribution in [3.63, 3.8) is 0 Å². The molecule has 0 fully saturated rings. The summed E-state index contributed by atoms with van der Waals surface area (Å²) in [7, 11) is 1.83. The monoisotopic (exact) mass is 318 g/mol. The van der Waals surface area contributed by atoms with E-state index < -0.39 is 0 Å². The van der Waals surface area contributed by atoms with E-state index in [0.29, 0.717) is 19.4 Å². The third-order valence-electron chi connectivity index (χ3n) is 2.43. The number of nitrogens with two attached hydrogens (primary N) is 1. The molecule has 1 aromatic heterocycles. The van der Waals surface area contributed by atoms with E-state index in [0.717, 1.165) is 3.79 Å². The fourth-order valence-corrected chi connectivity index (χ4v) is 2.92. The Bertz CT molecular complexity index is 384. The summed E-state index contributed by atoms with van der Waals surface area (Å²) in [5.41, 5.74) is 5.59. The van der Waals surface area contributed by atoms with Crippen molar-refractivity contribution in [2.45, 2.75) is 38.8 Å². The zero-order valence-electron chi connectivity index (χ0n) is 10.5. The first-order chi connectivity index (χ1) is 7.78. The molecule has 0 atom stereocenters. The van der Waals surface area contributed by atoms with E-state index in [2.05, 4.69) is 15.9 Å². The van der Waals surface area contributed by atoms with Crippen LogP contribution in [0.25, 0.3) is 0 Å². The van der Waals surface area contributed by atoms with E-state index in [1.54, 1.807) is 16.2 Å². The fraction of sp³-hybridized carbons (Fsp3) is 0.583. The van der Waals surface area contributed by atoms with Gasteiger partial charge in [-0.2, -0.15) is 0 Å². The Labute approximate surface area is 115 Å². The van der Waals surface area contributed by atoms with Gasteiger partial charge in [-0.3, -0.25) is 4.79 Å². The standard InChI is InChI=1S/C12H19BrN2OS/c1-12(2,14)7-6-11(16)15(3)8-9-4-5-10(13)17-9/h4-5H,6-8,14H2,1-3H3. The Morgan fingerprint density at radius 1 is 1.53 bits per heavy atom. The van der Waals surface area contributed by atoms with Crippen LogP contribution >= 0.6 is 27.3 Å². The predicted molar refractivity (Wildman–Crippen MR) is 76.0 cm³/mol. The molecule has 0 bridgehead atoms. The Morgan fingerprint density at radius 3 is 2.65 bits per heavy atom. The average molecular weight is 319 g/mol. The van der Waals surface area contributed by atoms with Crippen molar-refractivity contribution in [2.75, 3.05) is 7.05 Å². The molecule has 0 saturated carbocycles. The Morgan fingerprint density at radius 2 is 2.18 bits per heavy atom. The number of halogens is 1. The van der Waals surface area contributed by atoms with Crippen LogP contribution in [0.1, 0.15) is 31.6 Å². The lowest BCUT2D eigenvalue weighted by Crippen LogP contribution is -2.34. The normalized spacial score (nSPS) is 11.6. The molecule has 2 N–H and O–H groups in total. The number of nitrogens with zero attached hydrogens (tertiary/aromatic N) is 1. The molecule has 1 amide bonds. The Hall–Kier alpha value is -0.390. The highest BCUT2D eigenvalue weighted by Gasteiger charge is 2.16. The first kappa shape index (κ1) is 14.7. The van der Waals surface area contributed by atoms with Crippen LogP contribution in [-0.2, 0) is 11.3 Å². The molecule has 0 radical (unpaired) electrons. The molecule has 1 heterocycles. The topological polar surface area (TPSA) is 46.3 Å². The van der Waals surface area contributed by atoms with E-state index >= 15 is 0 Å². The van der Waals surface area contributed by atoms with Gasteiger partial charge in [0.25, 0.3) is 0 Å². The van der Waals surface area contributed by atoms with E-state index in [-0.39, 0.29) is 11.4 Å². The molecular weight excluding hydrogens is 300 g/mol. The minimum absolute atomic E-state index is 0.146. The second-order valence-corrected chi connectivity index (χ2v) is 7.49. The number of rotatable bonds is 5. The molecule has 0 aromatic carbocycles.